The van der Waals surface area contributed by atoms with E-state index in [0.29, 0.717) is 25.1 Å². The third kappa shape index (κ3) is 2.22. The van der Waals surface area contributed by atoms with E-state index in [-0.39, 0.29) is 18.3 Å². The van der Waals surface area contributed by atoms with E-state index < -0.39 is 17.2 Å². The number of piperidine rings is 1. The lowest BCUT2D eigenvalue weighted by molar-refractivity contribution is -0.147. The zero-order chi connectivity index (χ0) is 12.5. The van der Waals surface area contributed by atoms with Gasteiger partial charge in [0.1, 0.15) is 11.2 Å². The molecule has 0 saturated carbocycles. The van der Waals surface area contributed by atoms with Gasteiger partial charge in [0.15, 0.2) is 0 Å². The van der Waals surface area contributed by atoms with E-state index in [1.165, 1.54) is 6.07 Å². The lowest BCUT2D eigenvalue weighted by atomic mass is 9.67. The molecule has 0 bridgehead atoms. The Labute approximate surface area is 112 Å². The Hall–Kier alpha value is -1.13. The summed E-state index contributed by atoms with van der Waals surface area (Å²) in [5.41, 5.74) is -0.794. The molecule has 1 aliphatic heterocycles. The molecular formula is C13H17ClFNO2. The molecule has 100 valence electrons. The second kappa shape index (κ2) is 5.67. The van der Waals surface area contributed by atoms with Gasteiger partial charge in [-0.15, -0.1) is 12.4 Å². The van der Waals surface area contributed by atoms with E-state index in [1.807, 2.05) is 6.92 Å². The number of carboxylic acids is 1. The van der Waals surface area contributed by atoms with Crippen molar-refractivity contribution in [1.29, 1.82) is 0 Å². The van der Waals surface area contributed by atoms with Gasteiger partial charge in [-0.25, -0.2) is 4.39 Å². The summed E-state index contributed by atoms with van der Waals surface area (Å²) in [4.78, 5) is 11.6. The first-order chi connectivity index (χ1) is 8.09. The van der Waals surface area contributed by atoms with Gasteiger partial charge in [-0.1, -0.05) is 25.1 Å². The lowest BCUT2D eigenvalue weighted by Gasteiger charge is -2.39. The standard InChI is InChI=1S/C13H16FNO2.ClH/c1-9-8-15-7-6-13(9,12(16)17)10-4-2-3-5-11(10)14;/h2-5,9,15H,6-8H2,1H3,(H,16,17);1H. The summed E-state index contributed by atoms with van der Waals surface area (Å²) in [6.45, 7) is 3.05. The smallest absolute Gasteiger partial charge is 0.314 e. The van der Waals surface area contributed by atoms with Crippen LogP contribution in [0.1, 0.15) is 18.9 Å². The van der Waals surface area contributed by atoms with Crippen LogP contribution in [-0.4, -0.2) is 24.2 Å². The summed E-state index contributed by atoms with van der Waals surface area (Å²) >= 11 is 0. The maximum atomic E-state index is 13.9. The molecule has 0 radical (unpaired) electrons. The van der Waals surface area contributed by atoms with Crippen molar-refractivity contribution in [3.63, 3.8) is 0 Å². The van der Waals surface area contributed by atoms with Crippen molar-refractivity contribution in [1.82, 2.24) is 5.32 Å². The van der Waals surface area contributed by atoms with Crippen LogP contribution in [0, 0.1) is 11.7 Å². The number of hydrogen-bond acceptors (Lipinski definition) is 2. The molecule has 5 heteroatoms. The minimum absolute atomic E-state index is 0. The highest BCUT2D eigenvalue weighted by Crippen LogP contribution is 2.39. The van der Waals surface area contributed by atoms with Crippen LogP contribution in [-0.2, 0) is 10.2 Å². The Bertz CT molecular complexity index is 441. The van der Waals surface area contributed by atoms with Crippen molar-refractivity contribution in [3.05, 3.63) is 35.6 Å². The molecule has 1 aliphatic rings. The Balaban J connectivity index is 0.00000162. The first kappa shape index (κ1) is 14.9. The topological polar surface area (TPSA) is 49.3 Å². The Morgan fingerprint density at radius 1 is 1.50 bits per heavy atom. The summed E-state index contributed by atoms with van der Waals surface area (Å²) < 4.78 is 13.9. The molecule has 0 aromatic heterocycles. The molecule has 0 aliphatic carbocycles. The molecule has 2 unspecified atom stereocenters. The first-order valence-electron chi connectivity index (χ1n) is 5.78. The predicted molar refractivity (Wildman–Crippen MR) is 69.6 cm³/mol. The van der Waals surface area contributed by atoms with Crippen LogP contribution in [0.2, 0.25) is 0 Å². The van der Waals surface area contributed by atoms with E-state index in [9.17, 15) is 14.3 Å². The molecule has 1 saturated heterocycles. The number of rotatable bonds is 2. The monoisotopic (exact) mass is 273 g/mol. The van der Waals surface area contributed by atoms with Crippen LogP contribution < -0.4 is 5.32 Å². The lowest BCUT2D eigenvalue weighted by Crippen LogP contribution is -2.52. The van der Waals surface area contributed by atoms with Crippen LogP contribution in [0.15, 0.2) is 24.3 Å². The summed E-state index contributed by atoms with van der Waals surface area (Å²) in [7, 11) is 0. The molecule has 2 N–H and O–H groups in total. The summed E-state index contributed by atoms with van der Waals surface area (Å²) in [6.07, 6.45) is 0.421. The molecule has 0 spiro atoms. The highest BCUT2D eigenvalue weighted by atomic mass is 35.5. The van der Waals surface area contributed by atoms with Gasteiger partial charge in [0.25, 0.3) is 0 Å². The van der Waals surface area contributed by atoms with Gasteiger partial charge in [-0.2, -0.15) is 0 Å². The average molecular weight is 274 g/mol. The Morgan fingerprint density at radius 2 is 2.17 bits per heavy atom. The van der Waals surface area contributed by atoms with E-state index in [1.54, 1.807) is 18.2 Å². The van der Waals surface area contributed by atoms with Crippen molar-refractivity contribution in [3.8, 4) is 0 Å². The van der Waals surface area contributed by atoms with Gasteiger partial charge in [0, 0.05) is 5.56 Å². The van der Waals surface area contributed by atoms with Gasteiger partial charge in [-0.3, -0.25) is 4.79 Å². The average Bonchev–Trinajstić information content (AvgIpc) is 2.30. The third-order valence-corrected chi connectivity index (χ3v) is 3.72. The van der Waals surface area contributed by atoms with Crippen LogP contribution in [0.25, 0.3) is 0 Å². The summed E-state index contributed by atoms with van der Waals surface area (Å²) in [6, 6.07) is 6.19. The van der Waals surface area contributed by atoms with Gasteiger partial charge in [0.2, 0.25) is 0 Å². The first-order valence-corrected chi connectivity index (χ1v) is 5.78. The number of benzene rings is 1. The van der Waals surface area contributed by atoms with Crippen LogP contribution >= 0.6 is 12.4 Å². The summed E-state index contributed by atoms with van der Waals surface area (Å²) in [5, 5.41) is 12.7. The Morgan fingerprint density at radius 3 is 2.72 bits per heavy atom. The molecule has 3 nitrogen and oxygen atoms in total. The zero-order valence-corrected chi connectivity index (χ0v) is 11.0. The van der Waals surface area contributed by atoms with Gasteiger partial charge in [-0.05, 0) is 31.5 Å². The van der Waals surface area contributed by atoms with Crippen LogP contribution in [0.3, 0.4) is 0 Å². The fraction of sp³-hybridized carbons (Fsp3) is 0.462. The zero-order valence-electron chi connectivity index (χ0n) is 10.1. The normalized spacial score (nSPS) is 27.3. The van der Waals surface area contributed by atoms with Crippen molar-refractivity contribution in [2.24, 2.45) is 5.92 Å². The second-order valence-corrected chi connectivity index (χ2v) is 4.61. The van der Waals surface area contributed by atoms with E-state index in [2.05, 4.69) is 5.32 Å². The molecule has 18 heavy (non-hydrogen) atoms. The number of hydrogen-bond donors (Lipinski definition) is 2. The number of carbonyl (C=O) groups is 1. The molecule has 1 fully saturated rings. The fourth-order valence-electron chi connectivity index (χ4n) is 2.68. The van der Waals surface area contributed by atoms with E-state index in [4.69, 9.17) is 0 Å². The number of nitrogens with one attached hydrogen (secondary N) is 1. The molecule has 0 amide bonds. The van der Waals surface area contributed by atoms with E-state index in [0.717, 1.165) is 0 Å². The van der Waals surface area contributed by atoms with Crippen LogP contribution in [0.5, 0.6) is 0 Å². The maximum Gasteiger partial charge on any atom is 0.314 e. The van der Waals surface area contributed by atoms with Crippen molar-refractivity contribution in [2.75, 3.05) is 13.1 Å². The SMILES string of the molecule is CC1CNCCC1(C(=O)O)c1ccccc1F.Cl. The molecule has 1 aromatic carbocycles. The number of carboxylic acid groups (broad SMARTS) is 1. The van der Waals surface area contributed by atoms with Crippen molar-refractivity contribution >= 4 is 18.4 Å². The predicted octanol–water partition coefficient (Wildman–Crippen LogP) is 2.20. The number of halogens is 2. The summed E-state index contributed by atoms with van der Waals surface area (Å²) in [5.74, 6) is -1.49. The van der Waals surface area contributed by atoms with Gasteiger partial charge in [0.05, 0.1) is 0 Å². The van der Waals surface area contributed by atoms with Crippen LogP contribution in [0.4, 0.5) is 4.39 Å². The quantitative estimate of drug-likeness (QED) is 0.869. The molecule has 1 heterocycles. The fourth-order valence-corrected chi connectivity index (χ4v) is 2.68. The molecule has 2 rings (SSSR count). The highest BCUT2D eigenvalue weighted by Gasteiger charge is 2.48. The van der Waals surface area contributed by atoms with Crippen molar-refractivity contribution < 1.29 is 14.3 Å². The van der Waals surface area contributed by atoms with Gasteiger partial charge >= 0.3 is 5.97 Å². The third-order valence-electron chi connectivity index (χ3n) is 3.72. The largest absolute Gasteiger partial charge is 0.481 e. The minimum Gasteiger partial charge on any atom is -0.481 e. The second-order valence-electron chi connectivity index (χ2n) is 4.61. The minimum atomic E-state index is -1.10. The maximum absolute atomic E-state index is 13.9. The van der Waals surface area contributed by atoms with E-state index >= 15 is 0 Å². The molecular weight excluding hydrogens is 257 g/mol. The highest BCUT2D eigenvalue weighted by molar-refractivity contribution is 5.85. The Kier molecular flexibility index (Phi) is 4.71. The van der Waals surface area contributed by atoms with Gasteiger partial charge < -0.3 is 10.4 Å². The molecule has 1 aromatic rings. The van der Waals surface area contributed by atoms with Crippen molar-refractivity contribution in [2.45, 2.75) is 18.8 Å². The number of aliphatic carboxylic acids is 1. The molecule has 2 atom stereocenters.